The molecule has 0 aromatic heterocycles. The number of ether oxygens (including phenoxy) is 2. The highest BCUT2D eigenvalue weighted by Gasteiger charge is 2.06. The molecule has 0 aliphatic carbocycles. The molecule has 0 radical (unpaired) electrons. The van der Waals surface area contributed by atoms with Crippen LogP contribution in [0.2, 0.25) is 0 Å². The van der Waals surface area contributed by atoms with Gasteiger partial charge in [0.25, 0.3) is 0 Å². The van der Waals surface area contributed by atoms with Gasteiger partial charge in [0.15, 0.2) is 0 Å². The lowest BCUT2D eigenvalue weighted by molar-refractivity contribution is 0.132. The first-order valence-electron chi connectivity index (χ1n) is 6.06. The molecule has 0 rings (SSSR count). The van der Waals surface area contributed by atoms with E-state index in [1.165, 1.54) is 25.7 Å². The smallest absolute Gasteiger partial charge is 0.0465 e. The van der Waals surface area contributed by atoms with E-state index in [1.54, 1.807) is 0 Å². The van der Waals surface area contributed by atoms with Gasteiger partial charge in [-0.15, -0.1) is 0 Å². The Hall–Kier alpha value is 0.400. The standard InChI is InChI=1S/C12H25BrO2/c1-3-14-9-5-7-12(11-13)8-6-10-15-4-2/h12H,3-11H2,1-2H3. The average Bonchev–Trinajstić information content (AvgIpc) is 2.27. The van der Waals surface area contributed by atoms with Crippen molar-refractivity contribution in [3.63, 3.8) is 0 Å². The van der Waals surface area contributed by atoms with Crippen molar-refractivity contribution in [1.29, 1.82) is 0 Å². The van der Waals surface area contributed by atoms with Gasteiger partial charge in [0.2, 0.25) is 0 Å². The monoisotopic (exact) mass is 280 g/mol. The lowest BCUT2D eigenvalue weighted by atomic mass is 10.0. The van der Waals surface area contributed by atoms with Crippen LogP contribution in [-0.2, 0) is 9.47 Å². The van der Waals surface area contributed by atoms with Crippen molar-refractivity contribution in [3.05, 3.63) is 0 Å². The molecule has 0 atom stereocenters. The van der Waals surface area contributed by atoms with E-state index < -0.39 is 0 Å². The number of rotatable bonds is 11. The Morgan fingerprint density at radius 3 is 1.73 bits per heavy atom. The third-order valence-electron chi connectivity index (χ3n) is 2.43. The fourth-order valence-electron chi connectivity index (χ4n) is 1.54. The van der Waals surface area contributed by atoms with Crippen molar-refractivity contribution in [1.82, 2.24) is 0 Å². The molecule has 3 heteroatoms. The molecule has 0 saturated heterocycles. The number of hydrogen-bond acceptors (Lipinski definition) is 2. The van der Waals surface area contributed by atoms with E-state index in [9.17, 15) is 0 Å². The highest BCUT2D eigenvalue weighted by molar-refractivity contribution is 9.09. The summed E-state index contributed by atoms with van der Waals surface area (Å²) >= 11 is 3.57. The topological polar surface area (TPSA) is 18.5 Å². The molecule has 0 aromatic carbocycles. The maximum Gasteiger partial charge on any atom is 0.0465 e. The molecule has 0 N–H and O–H groups in total. The number of hydrogen-bond donors (Lipinski definition) is 0. The fraction of sp³-hybridized carbons (Fsp3) is 1.00. The van der Waals surface area contributed by atoms with E-state index >= 15 is 0 Å². The average molecular weight is 281 g/mol. The molecule has 0 bridgehead atoms. The first-order chi connectivity index (χ1) is 7.35. The van der Waals surface area contributed by atoms with Crippen LogP contribution in [0, 0.1) is 5.92 Å². The van der Waals surface area contributed by atoms with E-state index in [0.717, 1.165) is 37.7 Å². The minimum atomic E-state index is 0.783. The largest absolute Gasteiger partial charge is 0.382 e. The van der Waals surface area contributed by atoms with Crippen LogP contribution in [0.25, 0.3) is 0 Å². The second kappa shape index (κ2) is 12.5. The third kappa shape index (κ3) is 10.7. The van der Waals surface area contributed by atoms with E-state index in [2.05, 4.69) is 15.9 Å². The molecule has 0 aromatic rings. The maximum atomic E-state index is 5.33. The molecule has 0 spiro atoms. The second-order valence-corrected chi connectivity index (χ2v) is 4.35. The molecule has 15 heavy (non-hydrogen) atoms. The summed E-state index contributed by atoms with van der Waals surface area (Å²) in [6.07, 6.45) is 4.88. The van der Waals surface area contributed by atoms with E-state index in [-0.39, 0.29) is 0 Å². The fourth-order valence-corrected chi connectivity index (χ4v) is 2.18. The predicted octanol–water partition coefficient (Wildman–Crippen LogP) is 3.63. The zero-order valence-electron chi connectivity index (χ0n) is 10.1. The van der Waals surface area contributed by atoms with Crippen molar-refractivity contribution < 1.29 is 9.47 Å². The first-order valence-corrected chi connectivity index (χ1v) is 7.18. The van der Waals surface area contributed by atoms with Crippen LogP contribution >= 0.6 is 15.9 Å². The van der Waals surface area contributed by atoms with Crippen molar-refractivity contribution in [3.8, 4) is 0 Å². The molecule has 92 valence electrons. The second-order valence-electron chi connectivity index (χ2n) is 3.70. The van der Waals surface area contributed by atoms with E-state index in [1.807, 2.05) is 13.8 Å². The van der Waals surface area contributed by atoms with Gasteiger partial charge in [0.05, 0.1) is 0 Å². The van der Waals surface area contributed by atoms with Gasteiger partial charge in [-0.25, -0.2) is 0 Å². The lowest BCUT2D eigenvalue weighted by Gasteiger charge is -2.13. The van der Waals surface area contributed by atoms with Crippen LogP contribution in [0.1, 0.15) is 39.5 Å². The van der Waals surface area contributed by atoms with Crippen molar-refractivity contribution in [2.45, 2.75) is 39.5 Å². The molecule has 0 unspecified atom stereocenters. The highest BCUT2D eigenvalue weighted by Crippen LogP contribution is 2.16. The Morgan fingerprint density at radius 1 is 0.933 bits per heavy atom. The summed E-state index contributed by atoms with van der Waals surface area (Å²) in [5, 5.41) is 1.10. The van der Waals surface area contributed by atoms with Crippen LogP contribution < -0.4 is 0 Å². The van der Waals surface area contributed by atoms with Crippen LogP contribution in [0.3, 0.4) is 0 Å². The summed E-state index contributed by atoms with van der Waals surface area (Å²) in [7, 11) is 0. The van der Waals surface area contributed by atoms with Crippen LogP contribution in [-0.4, -0.2) is 31.8 Å². The Balaban J connectivity index is 3.29. The van der Waals surface area contributed by atoms with Crippen molar-refractivity contribution >= 4 is 15.9 Å². The SMILES string of the molecule is CCOCCCC(CBr)CCCOCC. The molecule has 2 nitrogen and oxygen atoms in total. The van der Waals surface area contributed by atoms with Gasteiger partial charge in [-0.05, 0) is 45.4 Å². The van der Waals surface area contributed by atoms with E-state index in [4.69, 9.17) is 9.47 Å². The quantitative estimate of drug-likeness (QED) is 0.425. The minimum absolute atomic E-state index is 0.783. The maximum absolute atomic E-state index is 5.33. The van der Waals surface area contributed by atoms with E-state index in [0.29, 0.717) is 0 Å². The lowest BCUT2D eigenvalue weighted by Crippen LogP contribution is -2.06. The Kier molecular flexibility index (Phi) is 12.8. The van der Waals surface area contributed by atoms with Gasteiger partial charge in [-0.1, -0.05) is 15.9 Å². The summed E-state index contributed by atoms with van der Waals surface area (Å²) in [5.41, 5.74) is 0. The molecular weight excluding hydrogens is 256 g/mol. The van der Waals surface area contributed by atoms with Crippen molar-refractivity contribution in [2.75, 3.05) is 31.8 Å². The Labute approximate surface area is 103 Å². The number of alkyl halides is 1. The van der Waals surface area contributed by atoms with Crippen LogP contribution in [0.4, 0.5) is 0 Å². The normalized spacial score (nSPS) is 11.2. The van der Waals surface area contributed by atoms with Gasteiger partial charge in [0.1, 0.15) is 0 Å². The van der Waals surface area contributed by atoms with Crippen LogP contribution in [0.5, 0.6) is 0 Å². The molecule has 0 aliphatic heterocycles. The summed E-state index contributed by atoms with van der Waals surface area (Å²) in [6, 6.07) is 0. The summed E-state index contributed by atoms with van der Waals surface area (Å²) in [4.78, 5) is 0. The zero-order chi connectivity index (χ0) is 11.4. The molecule has 0 amide bonds. The van der Waals surface area contributed by atoms with Gasteiger partial charge in [-0.3, -0.25) is 0 Å². The van der Waals surface area contributed by atoms with Gasteiger partial charge in [0, 0.05) is 31.8 Å². The third-order valence-corrected chi connectivity index (χ3v) is 3.34. The van der Waals surface area contributed by atoms with Gasteiger partial charge < -0.3 is 9.47 Å². The zero-order valence-corrected chi connectivity index (χ0v) is 11.7. The summed E-state index contributed by atoms with van der Waals surface area (Å²) in [5.74, 6) is 0.783. The van der Waals surface area contributed by atoms with Crippen LogP contribution in [0.15, 0.2) is 0 Å². The molecule has 0 fully saturated rings. The predicted molar refractivity (Wildman–Crippen MR) is 68.7 cm³/mol. The molecular formula is C12H25BrO2. The first kappa shape index (κ1) is 15.4. The number of halogens is 1. The molecule has 0 saturated carbocycles. The summed E-state index contributed by atoms with van der Waals surface area (Å²) < 4.78 is 10.7. The Morgan fingerprint density at radius 2 is 1.40 bits per heavy atom. The minimum Gasteiger partial charge on any atom is -0.382 e. The van der Waals surface area contributed by atoms with Gasteiger partial charge >= 0.3 is 0 Å². The highest BCUT2D eigenvalue weighted by atomic mass is 79.9. The van der Waals surface area contributed by atoms with Crippen molar-refractivity contribution in [2.24, 2.45) is 5.92 Å². The van der Waals surface area contributed by atoms with Gasteiger partial charge in [-0.2, -0.15) is 0 Å². The summed E-state index contributed by atoms with van der Waals surface area (Å²) in [6.45, 7) is 7.58. The molecule has 0 heterocycles. The molecule has 0 aliphatic rings. The Bertz CT molecular complexity index is 108.